The van der Waals surface area contributed by atoms with Gasteiger partial charge in [-0.15, -0.1) is 6.42 Å². The Bertz CT molecular complexity index is 1820. The Hall–Kier alpha value is -4.14. The molecule has 1 aliphatic carbocycles. The number of rotatable bonds is 7. The monoisotopic (exact) mass is 617 g/mol. The Morgan fingerprint density at radius 3 is 2.69 bits per heavy atom. The highest BCUT2D eigenvalue weighted by Crippen LogP contribution is 2.47. The number of hydrogen-bond donors (Lipinski definition) is 1. The van der Waals surface area contributed by atoms with E-state index in [2.05, 4.69) is 20.8 Å². The summed E-state index contributed by atoms with van der Waals surface area (Å²) in [6, 6.07) is 5.46. The molecular formula is C34H34F3N5O3. The van der Waals surface area contributed by atoms with Crippen LogP contribution in [-0.4, -0.2) is 83.2 Å². The summed E-state index contributed by atoms with van der Waals surface area (Å²) in [4.78, 5) is 18.1. The van der Waals surface area contributed by atoms with Crippen LogP contribution in [0.4, 0.5) is 19.0 Å². The SMILES string of the molecule is C#Cc1c(F)ccc2cc(O)cc(-c3ncc4c(N5CCOCC5C)nc(OCC5(CN6CCC(F)CC6)CC5)nc4c3F)c12. The molecule has 2 aromatic carbocycles. The van der Waals surface area contributed by atoms with Gasteiger partial charge in [-0.25, -0.2) is 13.2 Å². The first-order chi connectivity index (χ1) is 21.7. The van der Waals surface area contributed by atoms with Crippen molar-refractivity contribution in [2.24, 2.45) is 5.41 Å². The van der Waals surface area contributed by atoms with E-state index in [0.29, 0.717) is 55.8 Å². The van der Waals surface area contributed by atoms with Gasteiger partial charge in [0.2, 0.25) is 0 Å². The number of nitrogens with zero attached hydrogens (tertiary/aromatic N) is 5. The summed E-state index contributed by atoms with van der Waals surface area (Å²) in [5.41, 5.74) is -0.127. The van der Waals surface area contributed by atoms with Crippen LogP contribution in [0, 0.1) is 29.4 Å². The summed E-state index contributed by atoms with van der Waals surface area (Å²) in [5.74, 6) is 1.30. The topological polar surface area (TPSA) is 83.8 Å². The lowest BCUT2D eigenvalue weighted by Crippen LogP contribution is -2.44. The van der Waals surface area contributed by atoms with Gasteiger partial charge >= 0.3 is 6.01 Å². The summed E-state index contributed by atoms with van der Waals surface area (Å²) in [7, 11) is 0. The maximum atomic E-state index is 16.7. The summed E-state index contributed by atoms with van der Waals surface area (Å²) in [6.07, 6.45) is 9.48. The van der Waals surface area contributed by atoms with Crippen LogP contribution in [-0.2, 0) is 4.74 Å². The fraction of sp³-hybridized carbons (Fsp3) is 0.441. The summed E-state index contributed by atoms with van der Waals surface area (Å²) in [6.45, 7) is 6.11. The number of piperidine rings is 1. The summed E-state index contributed by atoms with van der Waals surface area (Å²) < 4.78 is 57.0. The van der Waals surface area contributed by atoms with E-state index in [1.165, 1.54) is 30.5 Å². The molecule has 11 heteroatoms. The quantitative estimate of drug-likeness (QED) is 0.268. The standard InChI is InChI=1S/C34H34F3N5O3/c1-3-24-27(36)5-4-21-14-23(43)15-25(28(21)24)30-29(37)31-26(16-38-30)32(42-12-13-44-17-20(42)2)40-33(39-31)45-19-34(8-9-34)18-41-10-6-22(35)7-11-41/h1,4-5,14-16,20,22,43H,6-13,17-19H2,2H3. The molecule has 0 radical (unpaired) electrons. The molecule has 7 rings (SSSR count). The summed E-state index contributed by atoms with van der Waals surface area (Å²) in [5, 5.41) is 11.6. The van der Waals surface area contributed by atoms with Crippen molar-refractivity contribution in [3.63, 3.8) is 0 Å². The summed E-state index contributed by atoms with van der Waals surface area (Å²) >= 11 is 0. The van der Waals surface area contributed by atoms with Crippen LogP contribution in [0.2, 0.25) is 0 Å². The molecule has 1 atom stereocenters. The van der Waals surface area contributed by atoms with E-state index in [4.69, 9.17) is 20.9 Å². The number of morpholine rings is 1. The zero-order chi connectivity index (χ0) is 31.3. The van der Waals surface area contributed by atoms with Gasteiger partial charge in [0.1, 0.15) is 34.8 Å². The van der Waals surface area contributed by atoms with Crippen LogP contribution in [0.5, 0.6) is 11.8 Å². The predicted molar refractivity (Wildman–Crippen MR) is 165 cm³/mol. The van der Waals surface area contributed by atoms with Crippen molar-refractivity contribution in [1.29, 1.82) is 0 Å². The minimum Gasteiger partial charge on any atom is -0.508 e. The first kappa shape index (κ1) is 29.6. The number of fused-ring (bicyclic) bond motifs is 2. The lowest BCUT2D eigenvalue weighted by Gasteiger charge is -2.35. The number of pyridine rings is 1. The van der Waals surface area contributed by atoms with Gasteiger partial charge in [-0.2, -0.15) is 9.97 Å². The molecule has 3 aliphatic rings. The second kappa shape index (κ2) is 11.7. The van der Waals surface area contributed by atoms with E-state index in [1.54, 1.807) is 0 Å². The Kier molecular flexibility index (Phi) is 7.66. The number of hydrogen-bond acceptors (Lipinski definition) is 8. The number of benzene rings is 2. The zero-order valence-electron chi connectivity index (χ0n) is 25.0. The molecule has 0 spiro atoms. The third-order valence-electron chi connectivity index (χ3n) is 9.28. The van der Waals surface area contributed by atoms with Crippen molar-refractivity contribution in [3.05, 3.63) is 47.7 Å². The molecule has 1 saturated carbocycles. The van der Waals surface area contributed by atoms with Crippen molar-refractivity contribution in [1.82, 2.24) is 19.9 Å². The first-order valence-corrected chi connectivity index (χ1v) is 15.4. The van der Waals surface area contributed by atoms with Gasteiger partial charge in [0.05, 0.1) is 36.8 Å². The molecule has 8 nitrogen and oxygen atoms in total. The van der Waals surface area contributed by atoms with Crippen LogP contribution in [0.3, 0.4) is 0 Å². The minimum absolute atomic E-state index is 0.0105. The highest BCUT2D eigenvalue weighted by molar-refractivity contribution is 6.03. The Balaban J connectivity index is 1.31. The van der Waals surface area contributed by atoms with E-state index in [1.807, 2.05) is 11.8 Å². The predicted octanol–water partition coefficient (Wildman–Crippen LogP) is 5.63. The maximum absolute atomic E-state index is 16.7. The van der Waals surface area contributed by atoms with Gasteiger partial charge in [0.15, 0.2) is 5.82 Å². The van der Waals surface area contributed by atoms with Crippen molar-refractivity contribution in [3.8, 4) is 35.4 Å². The van der Waals surface area contributed by atoms with Crippen LogP contribution in [0.15, 0.2) is 30.5 Å². The van der Waals surface area contributed by atoms with Crippen molar-refractivity contribution in [2.45, 2.75) is 44.8 Å². The Morgan fingerprint density at radius 2 is 1.96 bits per heavy atom. The maximum Gasteiger partial charge on any atom is 0.319 e. The van der Waals surface area contributed by atoms with Crippen molar-refractivity contribution >= 4 is 27.5 Å². The molecule has 1 unspecified atom stereocenters. The zero-order valence-corrected chi connectivity index (χ0v) is 25.0. The van der Waals surface area contributed by atoms with E-state index < -0.39 is 17.8 Å². The molecule has 2 aliphatic heterocycles. The number of aromatic nitrogens is 3. The molecular weight excluding hydrogens is 583 g/mol. The van der Waals surface area contributed by atoms with Gasteiger partial charge < -0.3 is 24.4 Å². The third kappa shape index (κ3) is 5.62. The lowest BCUT2D eigenvalue weighted by molar-refractivity contribution is 0.0982. The van der Waals surface area contributed by atoms with E-state index >= 15 is 4.39 Å². The normalized spacial score (nSPS) is 20.4. The number of phenols is 1. The average Bonchev–Trinajstić information content (AvgIpc) is 3.80. The number of ether oxygens (including phenoxy) is 2. The fourth-order valence-corrected chi connectivity index (χ4v) is 6.56. The molecule has 0 bridgehead atoms. The molecule has 2 saturated heterocycles. The fourth-order valence-electron chi connectivity index (χ4n) is 6.56. The Morgan fingerprint density at radius 1 is 1.16 bits per heavy atom. The second-order valence-electron chi connectivity index (χ2n) is 12.5. The molecule has 4 heterocycles. The van der Waals surface area contributed by atoms with E-state index in [9.17, 15) is 13.9 Å². The van der Waals surface area contributed by atoms with Gasteiger partial charge in [-0.3, -0.25) is 4.98 Å². The molecule has 3 fully saturated rings. The largest absolute Gasteiger partial charge is 0.508 e. The van der Waals surface area contributed by atoms with Crippen molar-refractivity contribution < 1.29 is 27.8 Å². The van der Waals surface area contributed by atoms with E-state index in [0.717, 1.165) is 32.5 Å². The smallest absolute Gasteiger partial charge is 0.319 e. The second-order valence-corrected chi connectivity index (χ2v) is 12.5. The van der Waals surface area contributed by atoms with Gasteiger partial charge in [0, 0.05) is 48.7 Å². The van der Waals surface area contributed by atoms with Crippen LogP contribution in [0.25, 0.3) is 32.9 Å². The van der Waals surface area contributed by atoms with Crippen LogP contribution < -0.4 is 9.64 Å². The highest BCUT2D eigenvalue weighted by atomic mass is 19.1. The van der Waals surface area contributed by atoms with Gasteiger partial charge in [0.25, 0.3) is 0 Å². The van der Waals surface area contributed by atoms with Crippen LogP contribution >= 0.6 is 0 Å². The minimum atomic E-state index is -0.767. The highest BCUT2D eigenvalue weighted by Gasteiger charge is 2.45. The molecule has 45 heavy (non-hydrogen) atoms. The Labute approximate surface area is 259 Å². The number of likely N-dealkylation sites (tertiary alicyclic amines) is 1. The molecule has 2 aromatic heterocycles. The van der Waals surface area contributed by atoms with Gasteiger partial charge in [-0.1, -0.05) is 12.0 Å². The van der Waals surface area contributed by atoms with E-state index in [-0.39, 0.29) is 50.9 Å². The number of halogens is 3. The van der Waals surface area contributed by atoms with Crippen molar-refractivity contribution in [2.75, 3.05) is 50.9 Å². The average molecular weight is 618 g/mol. The number of anilines is 1. The molecule has 234 valence electrons. The number of phenolic OH excluding ortho intramolecular Hbond substituents is 1. The molecule has 0 amide bonds. The number of terminal acetylenes is 1. The van der Waals surface area contributed by atoms with Gasteiger partial charge in [-0.05, 0) is 56.2 Å². The molecule has 4 aromatic rings. The first-order valence-electron chi connectivity index (χ1n) is 15.4. The number of aromatic hydroxyl groups is 1. The third-order valence-corrected chi connectivity index (χ3v) is 9.28. The lowest BCUT2D eigenvalue weighted by atomic mass is 9.96. The van der Waals surface area contributed by atoms with Crippen LogP contribution in [0.1, 0.15) is 38.2 Å². The number of alkyl halides is 1. The molecule has 1 N–H and O–H groups in total.